The van der Waals surface area contributed by atoms with E-state index in [-0.39, 0.29) is 6.61 Å². The predicted octanol–water partition coefficient (Wildman–Crippen LogP) is 5.35. The number of methoxy groups -OCH3 is 1. The first kappa shape index (κ1) is 20.4. The highest BCUT2D eigenvalue weighted by Gasteiger charge is 2.16. The van der Waals surface area contributed by atoms with Crippen LogP contribution in [0.2, 0.25) is 0 Å². The molecule has 3 aromatic carbocycles. The maximum atomic E-state index is 11.2. The molecule has 0 radical (unpaired) electrons. The van der Waals surface area contributed by atoms with Crippen molar-refractivity contribution < 1.29 is 18.7 Å². The molecule has 0 atom stereocenters. The van der Waals surface area contributed by atoms with Crippen LogP contribution >= 0.6 is 0 Å². The summed E-state index contributed by atoms with van der Waals surface area (Å²) in [5.74, 6) is 1.71. The molecule has 0 saturated carbocycles. The Kier molecular flexibility index (Phi) is 6.43. The van der Waals surface area contributed by atoms with Gasteiger partial charge in [-0.2, -0.15) is 0 Å². The number of aromatic nitrogens is 1. The molecule has 0 N–H and O–H groups in total. The first-order valence-corrected chi connectivity index (χ1v) is 10.1. The SMILES string of the molecule is COC(=O)COc1ccc(CCc2nc(-c3ccccc3)c(-c3ccccc3)o2)cc1. The monoisotopic (exact) mass is 413 g/mol. The fourth-order valence-corrected chi connectivity index (χ4v) is 3.25. The molecule has 31 heavy (non-hydrogen) atoms. The average Bonchev–Trinajstić information content (AvgIpc) is 3.27. The molecule has 4 aromatic rings. The maximum Gasteiger partial charge on any atom is 0.343 e. The summed E-state index contributed by atoms with van der Waals surface area (Å²) < 4.78 is 16.2. The molecule has 1 aromatic heterocycles. The Balaban J connectivity index is 1.49. The highest BCUT2D eigenvalue weighted by atomic mass is 16.6. The summed E-state index contributed by atoms with van der Waals surface area (Å²) in [6.07, 6.45) is 1.45. The van der Waals surface area contributed by atoms with Gasteiger partial charge >= 0.3 is 5.97 Å². The van der Waals surface area contributed by atoms with E-state index in [2.05, 4.69) is 4.74 Å². The number of esters is 1. The molecule has 4 rings (SSSR count). The van der Waals surface area contributed by atoms with Gasteiger partial charge in [0, 0.05) is 17.5 Å². The zero-order chi connectivity index (χ0) is 21.5. The van der Waals surface area contributed by atoms with Crippen LogP contribution in [0, 0.1) is 0 Å². The van der Waals surface area contributed by atoms with Gasteiger partial charge in [0.25, 0.3) is 0 Å². The smallest absolute Gasteiger partial charge is 0.343 e. The summed E-state index contributed by atoms with van der Waals surface area (Å²) in [5.41, 5.74) is 4.02. The molecule has 0 aliphatic rings. The molecular formula is C26H23NO4. The lowest BCUT2D eigenvalue weighted by atomic mass is 10.1. The number of hydrogen-bond acceptors (Lipinski definition) is 5. The van der Waals surface area contributed by atoms with E-state index in [9.17, 15) is 4.79 Å². The molecule has 0 fully saturated rings. The second-order valence-corrected chi connectivity index (χ2v) is 7.03. The molecule has 0 saturated heterocycles. The van der Waals surface area contributed by atoms with E-state index in [1.165, 1.54) is 7.11 Å². The third-order valence-electron chi connectivity index (χ3n) is 4.89. The van der Waals surface area contributed by atoms with Crippen molar-refractivity contribution in [3.8, 4) is 28.3 Å². The van der Waals surface area contributed by atoms with Gasteiger partial charge in [-0.3, -0.25) is 0 Å². The first-order chi connectivity index (χ1) is 15.2. The van der Waals surface area contributed by atoms with Gasteiger partial charge in [-0.25, -0.2) is 9.78 Å². The summed E-state index contributed by atoms with van der Waals surface area (Å²) in [7, 11) is 1.34. The number of nitrogens with zero attached hydrogens (tertiary/aromatic N) is 1. The molecule has 0 aliphatic heterocycles. The van der Waals surface area contributed by atoms with Crippen molar-refractivity contribution in [1.82, 2.24) is 4.98 Å². The Morgan fingerprint density at radius 2 is 1.48 bits per heavy atom. The van der Waals surface area contributed by atoms with Crippen LogP contribution in [0.25, 0.3) is 22.6 Å². The number of ether oxygens (including phenoxy) is 2. The van der Waals surface area contributed by atoms with Crippen molar-refractivity contribution >= 4 is 5.97 Å². The van der Waals surface area contributed by atoms with Gasteiger partial charge in [0.15, 0.2) is 18.3 Å². The number of aryl methyl sites for hydroxylation is 2. The zero-order valence-electron chi connectivity index (χ0n) is 17.3. The van der Waals surface area contributed by atoms with Gasteiger partial charge < -0.3 is 13.9 Å². The van der Waals surface area contributed by atoms with Crippen molar-refractivity contribution in [1.29, 1.82) is 0 Å². The van der Waals surface area contributed by atoms with Crippen molar-refractivity contribution in [3.05, 3.63) is 96.4 Å². The minimum atomic E-state index is -0.406. The van der Waals surface area contributed by atoms with E-state index < -0.39 is 5.97 Å². The third kappa shape index (κ3) is 5.20. The highest BCUT2D eigenvalue weighted by molar-refractivity contribution is 5.76. The van der Waals surface area contributed by atoms with Crippen LogP contribution in [-0.4, -0.2) is 24.7 Å². The molecule has 0 unspecified atom stereocenters. The summed E-state index contributed by atoms with van der Waals surface area (Å²) in [4.78, 5) is 16.0. The fourth-order valence-electron chi connectivity index (χ4n) is 3.25. The van der Waals surface area contributed by atoms with Crippen molar-refractivity contribution in [2.24, 2.45) is 0 Å². The lowest BCUT2D eigenvalue weighted by Crippen LogP contribution is -2.12. The Morgan fingerprint density at radius 1 is 0.839 bits per heavy atom. The van der Waals surface area contributed by atoms with Gasteiger partial charge in [-0.05, 0) is 24.1 Å². The van der Waals surface area contributed by atoms with E-state index in [1.807, 2.05) is 84.9 Å². The predicted molar refractivity (Wildman–Crippen MR) is 119 cm³/mol. The largest absolute Gasteiger partial charge is 0.482 e. The fraction of sp³-hybridized carbons (Fsp3) is 0.154. The summed E-state index contributed by atoms with van der Waals surface area (Å²) in [6.45, 7) is -0.101. The number of benzene rings is 3. The van der Waals surface area contributed by atoms with Crippen LogP contribution in [0.15, 0.2) is 89.3 Å². The second kappa shape index (κ2) is 9.76. The number of oxazole rings is 1. The number of carbonyl (C=O) groups excluding carboxylic acids is 1. The lowest BCUT2D eigenvalue weighted by molar-refractivity contribution is -0.142. The summed E-state index contributed by atoms with van der Waals surface area (Å²) >= 11 is 0. The topological polar surface area (TPSA) is 61.6 Å². The second-order valence-electron chi connectivity index (χ2n) is 7.03. The first-order valence-electron chi connectivity index (χ1n) is 10.1. The van der Waals surface area contributed by atoms with Crippen molar-refractivity contribution in [2.45, 2.75) is 12.8 Å². The standard InChI is InChI=1S/C26H23NO4/c1-29-24(28)18-30-22-15-12-19(13-16-22)14-17-23-27-25(20-8-4-2-5-9-20)26(31-23)21-10-6-3-7-11-21/h2-13,15-16H,14,17-18H2,1H3. The molecule has 0 spiro atoms. The number of carbonyl (C=O) groups is 1. The van der Waals surface area contributed by atoms with Crippen molar-refractivity contribution in [3.63, 3.8) is 0 Å². The molecule has 0 aliphatic carbocycles. The average molecular weight is 413 g/mol. The zero-order valence-corrected chi connectivity index (χ0v) is 17.3. The summed E-state index contributed by atoms with van der Waals surface area (Å²) in [5, 5.41) is 0. The quantitative estimate of drug-likeness (QED) is 0.365. The number of hydrogen-bond donors (Lipinski definition) is 0. The Morgan fingerprint density at radius 3 is 2.13 bits per heavy atom. The van der Waals surface area contributed by atoms with Crippen LogP contribution < -0.4 is 4.74 Å². The van der Waals surface area contributed by atoms with Crippen LogP contribution in [0.1, 0.15) is 11.5 Å². The van der Waals surface area contributed by atoms with Gasteiger partial charge in [-0.15, -0.1) is 0 Å². The lowest BCUT2D eigenvalue weighted by Gasteiger charge is -2.05. The minimum Gasteiger partial charge on any atom is -0.482 e. The van der Waals surface area contributed by atoms with Crippen LogP contribution in [-0.2, 0) is 22.4 Å². The van der Waals surface area contributed by atoms with Crippen molar-refractivity contribution in [2.75, 3.05) is 13.7 Å². The molecule has 1 heterocycles. The van der Waals surface area contributed by atoms with E-state index in [4.69, 9.17) is 14.1 Å². The molecular weight excluding hydrogens is 390 g/mol. The van der Waals surface area contributed by atoms with Crippen LogP contribution in [0.4, 0.5) is 0 Å². The van der Waals surface area contributed by atoms with E-state index in [0.29, 0.717) is 18.1 Å². The van der Waals surface area contributed by atoms with Gasteiger partial charge in [0.05, 0.1) is 7.11 Å². The highest BCUT2D eigenvalue weighted by Crippen LogP contribution is 2.32. The third-order valence-corrected chi connectivity index (χ3v) is 4.89. The molecule has 5 heteroatoms. The Labute approximate surface area is 181 Å². The van der Waals surface area contributed by atoms with E-state index in [0.717, 1.165) is 34.6 Å². The van der Waals surface area contributed by atoms with Gasteiger partial charge in [-0.1, -0.05) is 72.8 Å². The van der Waals surface area contributed by atoms with Crippen LogP contribution in [0.5, 0.6) is 5.75 Å². The molecule has 5 nitrogen and oxygen atoms in total. The molecule has 156 valence electrons. The van der Waals surface area contributed by atoms with E-state index >= 15 is 0 Å². The Hall–Kier alpha value is -3.86. The minimum absolute atomic E-state index is 0.101. The number of rotatable bonds is 8. The van der Waals surface area contributed by atoms with E-state index in [1.54, 1.807) is 0 Å². The van der Waals surface area contributed by atoms with Gasteiger partial charge in [0.2, 0.25) is 0 Å². The normalized spacial score (nSPS) is 10.6. The molecule has 0 bridgehead atoms. The molecule has 0 amide bonds. The summed E-state index contributed by atoms with van der Waals surface area (Å²) in [6, 6.07) is 27.8. The Bertz CT molecular complexity index is 1060. The van der Waals surface area contributed by atoms with Gasteiger partial charge in [0.1, 0.15) is 11.4 Å². The maximum absolute atomic E-state index is 11.2. The van der Waals surface area contributed by atoms with Crippen LogP contribution in [0.3, 0.4) is 0 Å².